The summed E-state index contributed by atoms with van der Waals surface area (Å²) in [5.41, 5.74) is 12.0. The molecule has 0 bridgehead atoms. The molecule has 182 valence electrons. The summed E-state index contributed by atoms with van der Waals surface area (Å²) in [4.78, 5) is 13.0. The highest BCUT2D eigenvalue weighted by atomic mass is 35.5. The van der Waals surface area contributed by atoms with E-state index in [2.05, 4.69) is 26.4 Å². The zero-order valence-electron chi connectivity index (χ0n) is 20.3. The SMILES string of the molecule is CCOc1c(C(C)N2NC(C)c3c(N)ncnc32)cc(Cl)c(C#N)c1-c1ccc(C(C)(C)O)nc1. The molecule has 0 spiro atoms. The largest absolute Gasteiger partial charge is 0.493 e. The van der Waals surface area contributed by atoms with Crippen molar-refractivity contribution < 1.29 is 9.84 Å². The van der Waals surface area contributed by atoms with Gasteiger partial charge in [-0.25, -0.2) is 15.4 Å². The van der Waals surface area contributed by atoms with Crippen LogP contribution in [0.1, 0.15) is 69.1 Å². The minimum Gasteiger partial charge on any atom is -0.493 e. The molecule has 0 aliphatic carbocycles. The van der Waals surface area contributed by atoms with Gasteiger partial charge in [0.1, 0.15) is 29.6 Å². The molecule has 3 heterocycles. The van der Waals surface area contributed by atoms with Crippen molar-refractivity contribution in [1.29, 1.82) is 5.26 Å². The van der Waals surface area contributed by atoms with Gasteiger partial charge >= 0.3 is 0 Å². The molecule has 1 aromatic carbocycles. The Morgan fingerprint density at radius 2 is 2.09 bits per heavy atom. The van der Waals surface area contributed by atoms with E-state index in [0.717, 1.165) is 11.1 Å². The number of hydrogen-bond acceptors (Lipinski definition) is 9. The van der Waals surface area contributed by atoms with E-state index in [1.54, 1.807) is 32.2 Å². The molecule has 35 heavy (non-hydrogen) atoms. The number of fused-ring (bicyclic) bond motifs is 1. The Morgan fingerprint density at radius 3 is 2.69 bits per heavy atom. The Balaban J connectivity index is 1.89. The van der Waals surface area contributed by atoms with Crippen molar-refractivity contribution in [3.05, 3.63) is 58.1 Å². The number of nitrogens with zero attached hydrogens (tertiary/aromatic N) is 5. The summed E-state index contributed by atoms with van der Waals surface area (Å²) in [5.74, 6) is 1.63. The zero-order chi connectivity index (χ0) is 25.5. The summed E-state index contributed by atoms with van der Waals surface area (Å²) in [7, 11) is 0. The first kappa shape index (κ1) is 24.7. The molecule has 3 aromatic rings. The molecule has 2 aromatic heterocycles. The van der Waals surface area contributed by atoms with Crippen LogP contribution in [0.25, 0.3) is 11.1 Å². The lowest BCUT2D eigenvalue weighted by molar-refractivity contribution is 0.0739. The average molecular weight is 494 g/mol. The fourth-order valence-corrected chi connectivity index (χ4v) is 4.58. The average Bonchev–Trinajstić information content (AvgIpc) is 3.16. The van der Waals surface area contributed by atoms with Gasteiger partial charge < -0.3 is 15.6 Å². The van der Waals surface area contributed by atoms with Crippen molar-refractivity contribution in [1.82, 2.24) is 20.4 Å². The van der Waals surface area contributed by atoms with Gasteiger partial charge in [0.05, 0.1) is 40.5 Å². The number of aliphatic hydroxyl groups is 1. The number of hydrogen-bond donors (Lipinski definition) is 3. The Kier molecular flexibility index (Phi) is 6.56. The molecule has 1 aliphatic heterocycles. The number of pyridine rings is 1. The first-order valence-electron chi connectivity index (χ1n) is 11.3. The lowest BCUT2D eigenvalue weighted by atomic mass is 9.93. The third-order valence-electron chi connectivity index (χ3n) is 6.06. The minimum absolute atomic E-state index is 0.0869. The van der Waals surface area contributed by atoms with Crippen molar-refractivity contribution in [2.24, 2.45) is 0 Å². The van der Waals surface area contributed by atoms with Crippen molar-refractivity contribution >= 4 is 23.2 Å². The fourth-order valence-electron chi connectivity index (χ4n) is 4.33. The molecule has 0 amide bonds. The monoisotopic (exact) mass is 493 g/mol. The van der Waals surface area contributed by atoms with Gasteiger partial charge in [-0.15, -0.1) is 0 Å². The Hall–Kier alpha value is -3.45. The van der Waals surface area contributed by atoms with Crippen molar-refractivity contribution in [2.45, 2.75) is 52.3 Å². The number of hydrazine groups is 1. The van der Waals surface area contributed by atoms with Gasteiger partial charge in [0, 0.05) is 22.9 Å². The molecule has 4 rings (SSSR count). The van der Waals surface area contributed by atoms with E-state index in [4.69, 9.17) is 22.1 Å². The standard InChI is InChI=1S/C25H28ClN7O2/c1-6-35-22-16(14(3)33-24-20(13(2)32-33)23(28)30-12-31-24)9-18(26)17(10-27)21(22)15-7-8-19(29-11-15)25(4,5)34/h7-9,11-14,32,34H,6H2,1-5H3,(H2,28,30,31). The summed E-state index contributed by atoms with van der Waals surface area (Å²) in [6.45, 7) is 9.57. The fraction of sp³-hybridized carbons (Fsp3) is 0.360. The summed E-state index contributed by atoms with van der Waals surface area (Å²) in [6, 6.07) is 7.14. The van der Waals surface area contributed by atoms with Gasteiger partial charge in [-0.2, -0.15) is 5.26 Å². The highest BCUT2D eigenvalue weighted by Gasteiger charge is 2.35. The minimum atomic E-state index is -1.09. The zero-order valence-corrected chi connectivity index (χ0v) is 21.1. The third kappa shape index (κ3) is 4.36. The first-order chi connectivity index (χ1) is 16.6. The number of benzene rings is 1. The quantitative estimate of drug-likeness (QED) is 0.456. The molecule has 4 N–H and O–H groups in total. The molecule has 0 saturated carbocycles. The molecular formula is C25H28ClN7O2. The van der Waals surface area contributed by atoms with Crippen LogP contribution in [0.4, 0.5) is 11.6 Å². The summed E-state index contributed by atoms with van der Waals surface area (Å²) in [5, 5.41) is 22.5. The van der Waals surface area contributed by atoms with Crippen LogP contribution in [0, 0.1) is 11.3 Å². The van der Waals surface area contributed by atoms with E-state index < -0.39 is 5.60 Å². The maximum absolute atomic E-state index is 10.3. The lowest BCUT2D eigenvalue weighted by Gasteiger charge is -2.29. The number of ether oxygens (including phenoxy) is 1. The Labute approximate surface area is 209 Å². The summed E-state index contributed by atoms with van der Waals surface area (Å²) >= 11 is 6.64. The van der Waals surface area contributed by atoms with E-state index in [1.807, 2.05) is 31.8 Å². The van der Waals surface area contributed by atoms with E-state index in [0.29, 0.717) is 51.4 Å². The highest BCUT2D eigenvalue weighted by Crippen LogP contribution is 2.46. The maximum Gasteiger partial charge on any atom is 0.153 e. The van der Waals surface area contributed by atoms with Gasteiger partial charge in [-0.05, 0) is 46.8 Å². The van der Waals surface area contributed by atoms with Gasteiger partial charge in [0.15, 0.2) is 5.82 Å². The summed E-state index contributed by atoms with van der Waals surface area (Å²) < 4.78 is 6.14. The van der Waals surface area contributed by atoms with Crippen LogP contribution in [-0.2, 0) is 5.60 Å². The molecule has 1 aliphatic rings. The number of aromatic nitrogens is 3. The predicted molar refractivity (Wildman–Crippen MR) is 135 cm³/mol. The van der Waals surface area contributed by atoms with Crippen LogP contribution in [-0.4, -0.2) is 26.7 Å². The molecule has 0 fully saturated rings. The molecule has 2 atom stereocenters. The number of rotatable bonds is 6. The van der Waals surface area contributed by atoms with E-state index in [9.17, 15) is 10.4 Å². The second kappa shape index (κ2) is 9.30. The van der Waals surface area contributed by atoms with E-state index in [-0.39, 0.29) is 12.1 Å². The van der Waals surface area contributed by atoms with Crippen molar-refractivity contribution in [2.75, 3.05) is 17.3 Å². The predicted octanol–water partition coefficient (Wildman–Crippen LogP) is 4.42. The van der Waals surface area contributed by atoms with E-state index in [1.165, 1.54) is 6.33 Å². The van der Waals surface area contributed by atoms with Gasteiger partial charge in [0.25, 0.3) is 0 Å². The molecule has 0 radical (unpaired) electrons. The number of anilines is 2. The smallest absolute Gasteiger partial charge is 0.153 e. The Morgan fingerprint density at radius 1 is 1.34 bits per heavy atom. The number of nitrogens with one attached hydrogen (secondary N) is 1. The summed E-state index contributed by atoms with van der Waals surface area (Å²) in [6.07, 6.45) is 3.06. The van der Waals surface area contributed by atoms with Gasteiger partial charge in [-0.3, -0.25) is 9.99 Å². The second-order valence-electron chi connectivity index (χ2n) is 8.96. The van der Waals surface area contributed by atoms with Crippen LogP contribution in [0.15, 0.2) is 30.7 Å². The van der Waals surface area contributed by atoms with Crippen molar-refractivity contribution in [3.63, 3.8) is 0 Å². The lowest BCUT2D eigenvalue weighted by Crippen LogP contribution is -2.36. The molecule has 0 saturated heterocycles. The highest BCUT2D eigenvalue weighted by molar-refractivity contribution is 6.32. The number of halogens is 1. The number of nitriles is 1. The van der Waals surface area contributed by atoms with Crippen LogP contribution in [0.2, 0.25) is 5.02 Å². The van der Waals surface area contributed by atoms with Crippen molar-refractivity contribution in [3.8, 4) is 22.9 Å². The maximum atomic E-state index is 10.3. The first-order valence-corrected chi connectivity index (χ1v) is 11.7. The molecule has 9 nitrogen and oxygen atoms in total. The number of nitrogen functional groups attached to an aromatic ring is 1. The van der Waals surface area contributed by atoms with Gasteiger partial charge in [-0.1, -0.05) is 17.7 Å². The van der Waals surface area contributed by atoms with Gasteiger partial charge in [0.2, 0.25) is 0 Å². The number of nitrogens with two attached hydrogens (primary N) is 1. The third-order valence-corrected chi connectivity index (χ3v) is 6.36. The Bertz CT molecular complexity index is 1300. The normalized spacial score (nSPS) is 16.1. The van der Waals surface area contributed by atoms with Crippen LogP contribution >= 0.6 is 11.6 Å². The van der Waals surface area contributed by atoms with Crippen LogP contribution in [0.5, 0.6) is 5.75 Å². The molecule has 10 heteroatoms. The molecular weight excluding hydrogens is 466 g/mol. The topological polar surface area (TPSA) is 133 Å². The molecule has 2 unspecified atom stereocenters. The second-order valence-corrected chi connectivity index (χ2v) is 9.36. The van der Waals surface area contributed by atoms with E-state index >= 15 is 0 Å². The van der Waals surface area contributed by atoms with Crippen LogP contribution in [0.3, 0.4) is 0 Å². The van der Waals surface area contributed by atoms with Crippen LogP contribution < -0.4 is 20.9 Å².